The second-order valence-electron chi connectivity index (χ2n) is 6.08. The Morgan fingerprint density at radius 1 is 1.37 bits per heavy atom. The molecule has 3 aromatic heterocycles. The zero-order valence-electron chi connectivity index (χ0n) is 15.4. The van der Waals surface area contributed by atoms with Crippen molar-refractivity contribution in [3.8, 4) is 11.3 Å². The summed E-state index contributed by atoms with van der Waals surface area (Å²) in [6.07, 6.45) is 6.03. The van der Waals surface area contributed by atoms with Crippen molar-refractivity contribution in [2.45, 2.75) is 23.0 Å². The van der Waals surface area contributed by atoms with E-state index >= 15 is 0 Å². The van der Waals surface area contributed by atoms with E-state index < -0.39 is 0 Å². The maximum Gasteiger partial charge on any atom is 0.386 e. The van der Waals surface area contributed by atoms with Gasteiger partial charge in [-0.25, -0.2) is 9.97 Å². The van der Waals surface area contributed by atoms with Crippen LogP contribution in [0.3, 0.4) is 0 Å². The minimum atomic E-state index is 0.393. The fourth-order valence-electron chi connectivity index (χ4n) is 2.82. The molecule has 1 aliphatic carbocycles. The van der Waals surface area contributed by atoms with Gasteiger partial charge in [0.15, 0.2) is 0 Å². The molecule has 0 bridgehead atoms. The van der Waals surface area contributed by atoms with E-state index in [0.29, 0.717) is 18.5 Å². The molecule has 27 heavy (non-hydrogen) atoms. The molecule has 0 spiro atoms. The van der Waals surface area contributed by atoms with E-state index in [2.05, 4.69) is 16.0 Å². The number of aromatic nitrogens is 3. The summed E-state index contributed by atoms with van der Waals surface area (Å²) < 4.78 is 6.27. The number of hydrogen-bond acceptors (Lipinski definition) is 8. The molecule has 1 fully saturated rings. The normalized spacial score (nSPS) is 13.4. The van der Waals surface area contributed by atoms with Crippen LogP contribution in [0.5, 0.6) is 0 Å². The summed E-state index contributed by atoms with van der Waals surface area (Å²) in [5.74, 6) is 1.86. The molecule has 7 nitrogen and oxygen atoms in total. The average molecular weight is 407 g/mol. The van der Waals surface area contributed by atoms with Crippen molar-refractivity contribution in [2.24, 2.45) is 0 Å². The molecule has 0 unspecified atom stereocenters. The van der Waals surface area contributed by atoms with Crippen LogP contribution in [0.4, 0.5) is 11.6 Å². The zero-order chi connectivity index (χ0) is 19.4. The number of nitrogens with one attached hydrogen (secondary N) is 1. The van der Waals surface area contributed by atoms with Gasteiger partial charge in [-0.15, -0.1) is 23.1 Å². The molecule has 1 saturated carbocycles. The summed E-state index contributed by atoms with van der Waals surface area (Å²) in [5, 5.41) is 8.13. The Bertz CT molecular complexity index is 910. The number of ether oxygens (including phenoxy) is 1. The Balaban J connectivity index is 0.00000102. The van der Waals surface area contributed by atoms with Gasteiger partial charge in [-0.05, 0) is 30.4 Å². The quantitative estimate of drug-likeness (QED) is 0.425. The van der Waals surface area contributed by atoms with Crippen LogP contribution in [0.2, 0.25) is 0 Å². The SMILES string of the molecule is CO.COCCSc1sc2nc(-c3cnc(N)[nH+]c3)cc(C3CC3)c2c1N. The van der Waals surface area contributed by atoms with Crippen LogP contribution >= 0.6 is 23.1 Å². The molecular weight excluding hydrogens is 382 g/mol. The van der Waals surface area contributed by atoms with E-state index in [9.17, 15) is 0 Å². The second-order valence-corrected chi connectivity index (χ2v) is 8.45. The van der Waals surface area contributed by atoms with Crippen LogP contribution in [-0.4, -0.2) is 41.7 Å². The van der Waals surface area contributed by atoms with Gasteiger partial charge in [-0.2, -0.15) is 0 Å². The minimum Gasteiger partial charge on any atom is -0.400 e. The van der Waals surface area contributed by atoms with Crippen molar-refractivity contribution in [1.29, 1.82) is 0 Å². The summed E-state index contributed by atoms with van der Waals surface area (Å²) in [6, 6.07) is 2.16. The van der Waals surface area contributed by atoms with Crippen molar-refractivity contribution in [3.63, 3.8) is 0 Å². The third kappa shape index (κ3) is 4.32. The number of pyridine rings is 1. The largest absolute Gasteiger partial charge is 0.400 e. The zero-order valence-corrected chi connectivity index (χ0v) is 17.0. The Kier molecular flexibility index (Phi) is 6.48. The number of aromatic amines is 1. The van der Waals surface area contributed by atoms with Crippen LogP contribution in [0, 0.1) is 0 Å². The predicted octanol–water partition coefficient (Wildman–Crippen LogP) is 2.56. The van der Waals surface area contributed by atoms with Crippen molar-refractivity contribution in [1.82, 2.24) is 9.97 Å². The molecule has 4 rings (SSSR count). The predicted molar refractivity (Wildman–Crippen MR) is 111 cm³/mol. The highest BCUT2D eigenvalue weighted by molar-refractivity contribution is 8.01. The summed E-state index contributed by atoms with van der Waals surface area (Å²) in [7, 11) is 2.71. The molecule has 144 valence electrons. The Morgan fingerprint density at radius 3 is 2.78 bits per heavy atom. The Hall–Kier alpha value is -1.94. The molecule has 1 aliphatic rings. The molecule has 3 aromatic rings. The molecule has 0 atom stereocenters. The lowest BCUT2D eigenvalue weighted by Gasteiger charge is -2.06. The van der Waals surface area contributed by atoms with Crippen LogP contribution in [0.25, 0.3) is 21.5 Å². The lowest BCUT2D eigenvalue weighted by molar-refractivity contribution is -0.363. The second kappa shape index (κ2) is 8.83. The van der Waals surface area contributed by atoms with Gasteiger partial charge in [0.1, 0.15) is 11.0 Å². The summed E-state index contributed by atoms with van der Waals surface area (Å²) in [4.78, 5) is 12.9. The van der Waals surface area contributed by atoms with Crippen molar-refractivity contribution in [3.05, 3.63) is 24.0 Å². The first kappa shape index (κ1) is 19.8. The van der Waals surface area contributed by atoms with E-state index in [4.69, 9.17) is 26.3 Å². The molecule has 0 radical (unpaired) electrons. The molecule has 3 heterocycles. The van der Waals surface area contributed by atoms with E-state index in [1.165, 1.54) is 18.4 Å². The van der Waals surface area contributed by atoms with Crippen molar-refractivity contribution < 1.29 is 14.8 Å². The number of H-pyrrole nitrogens is 1. The molecule has 6 N–H and O–H groups in total. The molecule has 9 heteroatoms. The number of rotatable bonds is 6. The first-order valence-electron chi connectivity index (χ1n) is 8.60. The number of thioether (sulfide) groups is 1. The molecular formula is C18H24N5O2S2+. The van der Waals surface area contributed by atoms with Gasteiger partial charge < -0.3 is 15.6 Å². The van der Waals surface area contributed by atoms with Gasteiger partial charge in [0, 0.05) is 25.4 Å². The molecule has 0 saturated heterocycles. The fourth-order valence-corrected chi connectivity index (χ4v) is 5.10. The third-order valence-corrected chi connectivity index (χ3v) is 6.60. The number of hydrogen-bond donors (Lipinski definition) is 3. The van der Waals surface area contributed by atoms with E-state index in [0.717, 1.165) is 44.2 Å². The van der Waals surface area contributed by atoms with Crippen molar-refractivity contribution in [2.75, 3.05) is 38.0 Å². The van der Waals surface area contributed by atoms with Crippen molar-refractivity contribution >= 4 is 45.0 Å². The highest BCUT2D eigenvalue weighted by atomic mass is 32.2. The van der Waals surface area contributed by atoms with E-state index in [1.54, 1.807) is 36.4 Å². The molecule has 0 amide bonds. The highest BCUT2D eigenvalue weighted by Gasteiger charge is 2.29. The summed E-state index contributed by atoms with van der Waals surface area (Å²) in [6.45, 7) is 0.708. The summed E-state index contributed by atoms with van der Waals surface area (Å²) in [5.41, 5.74) is 16.1. The third-order valence-electron chi connectivity index (χ3n) is 4.25. The van der Waals surface area contributed by atoms with Gasteiger partial charge in [0.2, 0.25) is 0 Å². The highest BCUT2D eigenvalue weighted by Crippen LogP contribution is 2.49. The number of methoxy groups -OCH3 is 1. The minimum absolute atomic E-state index is 0.393. The Morgan fingerprint density at radius 2 is 2.15 bits per heavy atom. The number of nitrogens with zero attached hydrogens (tertiary/aromatic N) is 2. The van der Waals surface area contributed by atoms with Gasteiger partial charge in [-0.3, -0.25) is 5.73 Å². The van der Waals surface area contributed by atoms with Gasteiger partial charge >= 0.3 is 5.95 Å². The number of thiophene rings is 1. The lowest BCUT2D eigenvalue weighted by Crippen LogP contribution is -2.11. The fraction of sp³-hybridized carbons (Fsp3) is 0.389. The smallest absolute Gasteiger partial charge is 0.386 e. The molecule has 0 aromatic carbocycles. The van der Waals surface area contributed by atoms with Gasteiger partial charge in [-0.1, -0.05) is 4.98 Å². The van der Waals surface area contributed by atoms with Gasteiger partial charge in [0.05, 0.1) is 34.0 Å². The number of aliphatic hydroxyl groups is 1. The standard InChI is InChI=1S/C17H19N5OS2.CH4O/c1-23-4-5-24-16-14(18)13-11(9-2-3-9)6-12(22-15(13)25-16)10-7-20-17(19)21-8-10;1-2/h6-9H,2-5,18H2,1H3,(H2,19,20,21);2H,1H3/p+1. The number of anilines is 2. The van der Waals surface area contributed by atoms with E-state index in [1.807, 2.05) is 6.20 Å². The van der Waals surface area contributed by atoms with Gasteiger partial charge in [0.25, 0.3) is 0 Å². The number of nitrogens with two attached hydrogens (primary N) is 2. The topological polar surface area (TPSA) is 121 Å². The first-order chi connectivity index (χ1) is 13.2. The molecule has 0 aliphatic heterocycles. The maximum atomic E-state index is 7.00. The Labute approximate surface area is 166 Å². The first-order valence-corrected chi connectivity index (χ1v) is 10.4. The number of nitrogen functional groups attached to an aromatic ring is 2. The number of aliphatic hydroxyl groups excluding tert-OH is 1. The summed E-state index contributed by atoms with van der Waals surface area (Å²) >= 11 is 3.40. The van der Waals surface area contributed by atoms with Crippen LogP contribution in [0.1, 0.15) is 24.3 Å². The van der Waals surface area contributed by atoms with E-state index in [-0.39, 0.29) is 0 Å². The maximum absolute atomic E-state index is 7.00. The van der Waals surface area contributed by atoms with Crippen LogP contribution < -0.4 is 16.5 Å². The average Bonchev–Trinajstić information content (AvgIpc) is 3.49. The van der Waals surface area contributed by atoms with Crippen LogP contribution in [0.15, 0.2) is 22.7 Å². The monoisotopic (exact) mass is 406 g/mol. The number of fused-ring (bicyclic) bond motifs is 1. The lowest BCUT2D eigenvalue weighted by atomic mass is 10.0. The van der Waals surface area contributed by atoms with Crippen LogP contribution in [-0.2, 0) is 4.74 Å².